The smallest absolute Gasteiger partial charge is 0.205 e. The fourth-order valence-corrected chi connectivity index (χ4v) is 2.53. The quantitative estimate of drug-likeness (QED) is 0.755. The lowest BCUT2D eigenvalue weighted by Crippen LogP contribution is -1.98. The molecule has 0 saturated heterocycles. The van der Waals surface area contributed by atoms with Gasteiger partial charge in [0.1, 0.15) is 5.01 Å². The molecule has 2 aromatic heterocycles. The summed E-state index contributed by atoms with van der Waals surface area (Å²) >= 11 is 1.62. The van der Waals surface area contributed by atoms with Crippen molar-refractivity contribution >= 4 is 27.4 Å². The number of rotatable bonds is 4. The Bertz CT molecular complexity index is 656. The summed E-state index contributed by atoms with van der Waals surface area (Å²) in [6.45, 7) is 2.86. The van der Waals surface area contributed by atoms with E-state index in [9.17, 15) is 0 Å². The number of aromatic amines is 1. The van der Waals surface area contributed by atoms with Crippen LogP contribution in [0, 0.1) is 0 Å². The maximum Gasteiger partial charge on any atom is 0.205 e. The predicted molar refractivity (Wildman–Crippen MR) is 74.9 cm³/mol. The molecule has 5 heteroatoms. The molecule has 92 valence electrons. The van der Waals surface area contributed by atoms with Crippen molar-refractivity contribution in [3.63, 3.8) is 0 Å². The number of fused-ring (bicyclic) bond motifs is 1. The van der Waals surface area contributed by atoms with Gasteiger partial charge in [0.05, 0.1) is 0 Å². The summed E-state index contributed by atoms with van der Waals surface area (Å²) in [5.74, 6) is 0. The number of H-pyrrole nitrogens is 1. The molecule has 2 heterocycles. The normalized spacial score (nSPS) is 10.9. The van der Waals surface area contributed by atoms with Crippen molar-refractivity contribution in [1.82, 2.24) is 15.2 Å². The van der Waals surface area contributed by atoms with Crippen LogP contribution in [0.4, 0.5) is 5.13 Å². The van der Waals surface area contributed by atoms with Crippen LogP contribution in [0.1, 0.15) is 17.5 Å². The van der Waals surface area contributed by atoms with Gasteiger partial charge in [-0.05, 0) is 29.5 Å². The van der Waals surface area contributed by atoms with E-state index in [0.717, 1.165) is 23.1 Å². The molecule has 0 spiro atoms. The summed E-state index contributed by atoms with van der Waals surface area (Å²) in [5, 5.41) is 14.7. The minimum absolute atomic E-state index is 0.771. The Balaban J connectivity index is 1.72. The molecule has 0 aliphatic carbocycles. The third-order valence-corrected chi connectivity index (χ3v) is 3.86. The standard InChI is InChI=1S/C13H14N4S/c1-2-12-16-17-13(18-12)15-8-9-3-4-10-5-6-14-11(10)7-9/h3-7,14H,2,8H2,1H3,(H,15,17). The average Bonchev–Trinajstić information content (AvgIpc) is 3.04. The number of benzene rings is 1. The van der Waals surface area contributed by atoms with Gasteiger partial charge >= 0.3 is 0 Å². The average molecular weight is 258 g/mol. The van der Waals surface area contributed by atoms with Gasteiger partial charge in [-0.2, -0.15) is 0 Å². The van der Waals surface area contributed by atoms with Crippen molar-refractivity contribution in [3.8, 4) is 0 Å². The van der Waals surface area contributed by atoms with E-state index >= 15 is 0 Å². The van der Waals surface area contributed by atoms with Crippen LogP contribution in [0.25, 0.3) is 10.9 Å². The first-order valence-corrected chi connectivity index (χ1v) is 6.79. The minimum Gasteiger partial charge on any atom is -0.361 e. The fraction of sp³-hybridized carbons (Fsp3) is 0.231. The van der Waals surface area contributed by atoms with Gasteiger partial charge in [0.15, 0.2) is 0 Å². The van der Waals surface area contributed by atoms with Crippen molar-refractivity contribution < 1.29 is 0 Å². The van der Waals surface area contributed by atoms with Crippen molar-refractivity contribution in [2.75, 3.05) is 5.32 Å². The zero-order valence-corrected chi connectivity index (χ0v) is 10.9. The van der Waals surface area contributed by atoms with Crippen LogP contribution in [0.3, 0.4) is 0 Å². The second-order valence-electron chi connectivity index (χ2n) is 4.11. The van der Waals surface area contributed by atoms with E-state index in [1.807, 2.05) is 6.20 Å². The highest BCUT2D eigenvalue weighted by atomic mass is 32.1. The first-order chi connectivity index (χ1) is 8.85. The minimum atomic E-state index is 0.771. The number of nitrogens with zero attached hydrogens (tertiary/aromatic N) is 2. The van der Waals surface area contributed by atoms with E-state index in [-0.39, 0.29) is 0 Å². The van der Waals surface area contributed by atoms with Crippen molar-refractivity contribution in [1.29, 1.82) is 0 Å². The Morgan fingerprint density at radius 2 is 2.22 bits per heavy atom. The zero-order chi connectivity index (χ0) is 12.4. The van der Waals surface area contributed by atoms with Gasteiger partial charge in [0.25, 0.3) is 0 Å². The van der Waals surface area contributed by atoms with E-state index in [2.05, 4.69) is 51.7 Å². The summed E-state index contributed by atoms with van der Waals surface area (Å²) < 4.78 is 0. The summed E-state index contributed by atoms with van der Waals surface area (Å²) in [6.07, 6.45) is 2.90. The van der Waals surface area contributed by atoms with Crippen LogP contribution in [-0.2, 0) is 13.0 Å². The molecule has 0 bridgehead atoms. The number of nitrogens with one attached hydrogen (secondary N) is 2. The Hall–Kier alpha value is -1.88. The predicted octanol–water partition coefficient (Wildman–Crippen LogP) is 3.19. The van der Waals surface area contributed by atoms with Crippen LogP contribution in [0.15, 0.2) is 30.5 Å². The summed E-state index contributed by atoms with van der Waals surface area (Å²) in [7, 11) is 0. The van der Waals surface area contributed by atoms with Crippen LogP contribution in [0.2, 0.25) is 0 Å². The summed E-state index contributed by atoms with van der Waals surface area (Å²) in [5.41, 5.74) is 2.40. The third kappa shape index (κ3) is 2.22. The molecule has 4 nitrogen and oxygen atoms in total. The second-order valence-corrected chi connectivity index (χ2v) is 5.17. The first-order valence-electron chi connectivity index (χ1n) is 5.97. The Labute approximate surface area is 109 Å². The van der Waals surface area contributed by atoms with Gasteiger partial charge in [-0.25, -0.2) is 0 Å². The van der Waals surface area contributed by atoms with Crippen LogP contribution >= 0.6 is 11.3 Å². The Kier molecular flexibility index (Phi) is 2.98. The first kappa shape index (κ1) is 11.2. The molecule has 18 heavy (non-hydrogen) atoms. The Morgan fingerprint density at radius 1 is 1.28 bits per heavy atom. The van der Waals surface area contributed by atoms with E-state index in [0.29, 0.717) is 0 Å². The third-order valence-electron chi connectivity index (χ3n) is 2.83. The molecule has 0 fully saturated rings. The van der Waals surface area contributed by atoms with Crippen LogP contribution in [0.5, 0.6) is 0 Å². The monoisotopic (exact) mass is 258 g/mol. The molecule has 0 atom stereocenters. The maximum atomic E-state index is 4.10. The largest absolute Gasteiger partial charge is 0.361 e. The van der Waals surface area contributed by atoms with E-state index in [1.165, 1.54) is 16.5 Å². The number of hydrogen-bond acceptors (Lipinski definition) is 4. The van der Waals surface area contributed by atoms with Crippen molar-refractivity contribution in [2.24, 2.45) is 0 Å². The molecule has 1 aromatic carbocycles. The lowest BCUT2D eigenvalue weighted by Gasteiger charge is -2.02. The van der Waals surface area contributed by atoms with Crippen LogP contribution in [-0.4, -0.2) is 15.2 Å². The summed E-state index contributed by atoms with van der Waals surface area (Å²) in [6, 6.07) is 8.49. The highest BCUT2D eigenvalue weighted by molar-refractivity contribution is 7.15. The lowest BCUT2D eigenvalue weighted by molar-refractivity contribution is 0.975. The van der Waals surface area contributed by atoms with Crippen LogP contribution < -0.4 is 5.32 Å². The van der Waals surface area contributed by atoms with Gasteiger partial charge in [-0.1, -0.05) is 30.4 Å². The number of aryl methyl sites for hydroxylation is 1. The molecule has 2 N–H and O–H groups in total. The molecule has 0 amide bonds. The molecule has 3 aromatic rings. The molecular weight excluding hydrogens is 244 g/mol. The molecule has 3 rings (SSSR count). The topological polar surface area (TPSA) is 53.6 Å². The fourth-order valence-electron chi connectivity index (χ4n) is 1.85. The molecule has 0 unspecified atom stereocenters. The van der Waals surface area contributed by atoms with Gasteiger partial charge in [-0.15, -0.1) is 10.2 Å². The van der Waals surface area contributed by atoms with Crippen molar-refractivity contribution in [2.45, 2.75) is 19.9 Å². The summed E-state index contributed by atoms with van der Waals surface area (Å²) in [4.78, 5) is 3.22. The Morgan fingerprint density at radius 3 is 3.06 bits per heavy atom. The zero-order valence-electron chi connectivity index (χ0n) is 10.1. The molecular formula is C13H14N4S. The van der Waals surface area contributed by atoms with Gasteiger partial charge < -0.3 is 10.3 Å². The van der Waals surface area contributed by atoms with E-state index < -0.39 is 0 Å². The second kappa shape index (κ2) is 4.78. The molecule has 0 saturated carbocycles. The van der Waals surface area contributed by atoms with Gasteiger partial charge in [-0.3, -0.25) is 0 Å². The van der Waals surface area contributed by atoms with Crippen molar-refractivity contribution in [3.05, 3.63) is 41.0 Å². The molecule has 0 radical (unpaired) electrons. The number of hydrogen-bond donors (Lipinski definition) is 2. The molecule has 0 aliphatic heterocycles. The molecule has 0 aliphatic rings. The van der Waals surface area contributed by atoms with Gasteiger partial charge in [0, 0.05) is 18.3 Å². The highest BCUT2D eigenvalue weighted by Gasteiger charge is 2.02. The number of anilines is 1. The number of aromatic nitrogens is 3. The van der Waals surface area contributed by atoms with Gasteiger partial charge in [0.2, 0.25) is 5.13 Å². The van der Waals surface area contributed by atoms with E-state index in [1.54, 1.807) is 11.3 Å². The SMILES string of the molecule is CCc1nnc(NCc2ccc3cc[nH]c3c2)s1. The highest BCUT2D eigenvalue weighted by Crippen LogP contribution is 2.18. The maximum absolute atomic E-state index is 4.10. The lowest BCUT2D eigenvalue weighted by atomic mass is 10.1. The van der Waals surface area contributed by atoms with E-state index in [4.69, 9.17) is 0 Å².